The highest BCUT2D eigenvalue weighted by Gasteiger charge is 2.19. The fourth-order valence-electron chi connectivity index (χ4n) is 1.88. The molecule has 6 heteroatoms. The first-order chi connectivity index (χ1) is 9.31. The van der Waals surface area contributed by atoms with Gasteiger partial charge in [0.25, 0.3) is 10.0 Å². The summed E-state index contributed by atoms with van der Waals surface area (Å²) in [6, 6.07) is 10.6. The molecule has 4 nitrogen and oxygen atoms in total. The number of aryl methyl sites for hydroxylation is 1. The third-order valence-corrected chi connectivity index (χ3v) is 5.38. The lowest BCUT2D eigenvalue weighted by Crippen LogP contribution is -2.16. The summed E-state index contributed by atoms with van der Waals surface area (Å²) >= 11 is 2.09. The Bertz CT molecular complexity index is 758. The molecular formula is C14H15IN2O2S. The molecule has 0 heterocycles. The molecule has 2 aromatic carbocycles. The van der Waals surface area contributed by atoms with Crippen LogP contribution < -0.4 is 10.5 Å². The van der Waals surface area contributed by atoms with E-state index in [1.165, 1.54) is 0 Å². The molecule has 0 atom stereocenters. The highest BCUT2D eigenvalue weighted by atomic mass is 127. The van der Waals surface area contributed by atoms with Crippen molar-refractivity contribution in [3.05, 3.63) is 51.1 Å². The maximum absolute atomic E-state index is 12.5. The first-order valence-corrected chi connectivity index (χ1v) is 8.51. The molecule has 2 rings (SSSR count). The summed E-state index contributed by atoms with van der Waals surface area (Å²) in [5.74, 6) is 0. The molecule has 0 aliphatic rings. The van der Waals surface area contributed by atoms with Gasteiger partial charge < -0.3 is 5.73 Å². The third kappa shape index (κ3) is 3.06. The molecule has 0 bridgehead atoms. The third-order valence-electron chi connectivity index (χ3n) is 2.95. The predicted octanol–water partition coefficient (Wildman–Crippen LogP) is 3.29. The zero-order valence-corrected chi connectivity index (χ0v) is 14.1. The van der Waals surface area contributed by atoms with Crippen LogP contribution in [0.1, 0.15) is 11.1 Å². The molecule has 2 aromatic rings. The van der Waals surface area contributed by atoms with Gasteiger partial charge in [-0.25, -0.2) is 8.42 Å². The minimum absolute atomic E-state index is 0.217. The van der Waals surface area contributed by atoms with Crippen molar-refractivity contribution in [1.82, 2.24) is 0 Å². The summed E-state index contributed by atoms with van der Waals surface area (Å²) in [5, 5.41) is 0. The van der Waals surface area contributed by atoms with Gasteiger partial charge in [0.1, 0.15) is 0 Å². The minimum Gasteiger partial charge on any atom is -0.398 e. The summed E-state index contributed by atoms with van der Waals surface area (Å²) < 4.78 is 28.5. The molecule has 0 spiro atoms. The lowest BCUT2D eigenvalue weighted by atomic mass is 10.1. The van der Waals surface area contributed by atoms with Gasteiger partial charge in [-0.2, -0.15) is 0 Å². The summed E-state index contributed by atoms with van der Waals surface area (Å²) in [4.78, 5) is 0.217. The smallest absolute Gasteiger partial charge is 0.262 e. The van der Waals surface area contributed by atoms with Crippen LogP contribution in [0.5, 0.6) is 0 Å². The average Bonchev–Trinajstić information content (AvgIpc) is 2.36. The zero-order chi connectivity index (χ0) is 14.9. The number of hydrogen-bond acceptors (Lipinski definition) is 3. The van der Waals surface area contributed by atoms with Crippen molar-refractivity contribution in [3.8, 4) is 0 Å². The van der Waals surface area contributed by atoms with Gasteiger partial charge in [0.15, 0.2) is 0 Å². The number of nitrogen functional groups attached to an aromatic ring is 1. The molecule has 0 fully saturated rings. The van der Waals surface area contributed by atoms with Crippen LogP contribution in [-0.2, 0) is 10.0 Å². The van der Waals surface area contributed by atoms with Gasteiger partial charge in [-0.3, -0.25) is 4.72 Å². The van der Waals surface area contributed by atoms with Gasteiger partial charge in [0.2, 0.25) is 0 Å². The van der Waals surface area contributed by atoms with Crippen molar-refractivity contribution < 1.29 is 8.42 Å². The molecule has 0 saturated carbocycles. The maximum atomic E-state index is 12.5. The van der Waals surface area contributed by atoms with Crippen molar-refractivity contribution in [2.45, 2.75) is 18.7 Å². The molecule has 0 radical (unpaired) electrons. The second-order valence-electron chi connectivity index (χ2n) is 4.56. The van der Waals surface area contributed by atoms with Crippen LogP contribution in [0.25, 0.3) is 0 Å². The van der Waals surface area contributed by atoms with E-state index in [-0.39, 0.29) is 4.90 Å². The summed E-state index contributed by atoms with van der Waals surface area (Å²) in [6.07, 6.45) is 0. The van der Waals surface area contributed by atoms with E-state index in [4.69, 9.17) is 5.73 Å². The fraction of sp³-hybridized carbons (Fsp3) is 0.143. The van der Waals surface area contributed by atoms with Crippen LogP contribution in [-0.4, -0.2) is 8.42 Å². The van der Waals surface area contributed by atoms with Gasteiger partial charge >= 0.3 is 0 Å². The first kappa shape index (κ1) is 15.1. The van der Waals surface area contributed by atoms with E-state index in [0.29, 0.717) is 16.9 Å². The Balaban J connectivity index is 2.49. The van der Waals surface area contributed by atoms with E-state index in [1.807, 2.05) is 19.1 Å². The van der Waals surface area contributed by atoms with Crippen LogP contribution in [0.3, 0.4) is 0 Å². The highest BCUT2D eigenvalue weighted by Crippen LogP contribution is 2.26. The molecule has 0 aromatic heterocycles. The largest absolute Gasteiger partial charge is 0.398 e. The molecule has 106 valence electrons. The Morgan fingerprint density at radius 2 is 1.80 bits per heavy atom. The number of halogens is 1. The summed E-state index contributed by atoms with van der Waals surface area (Å²) in [6.45, 7) is 3.53. The van der Waals surface area contributed by atoms with E-state index in [1.54, 1.807) is 31.2 Å². The predicted molar refractivity (Wildman–Crippen MR) is 90.3 cm³/mol. The van der Waals surface area contributed by atoms with Crippen molar-refractivity contribution in [2.24, 2.45) is 0 Å². The number of para-hydroxylation sites is 1. The number of nitrogens with one attached hydrogen (secondary N) is 1. The number of anilines is 2. The van der Waals surface area contributed by atoms with Gasteiger partial charge in [-0.1, -0.05) is 12.1 Å². The Morgan fingerprint density at radius 1 is 1.15 bits per heavy atom. The Kier molecular flexibility index (Phi) is 4.24. The standard InChI is InChI=1S/C14H15IN2O2S/c1-9-7-12(16)10(2)14(8-9)20(18,19)17-13-6-4-3-5-11(13)15/h3-8,17H,16H2,1-2H3. The summed E-state index contributed by atoms with van der Waals surface area (Å²) in [5.41, 5.74) is 8.27. The molecular weight excluding hydrogens is 387 g/mol. The zero-order valence-electron chi connectivity index (χ0n) is 11.1. The number of sulfonamides is 1. The topological polar surface area (TPSA) is 72.2 Å². The molecule has 0 aliphatic heterocycles. The van der Waals surface area contributed by atoms with E-state index in [2.05, 4.69) is 27.3 Å². The Hall–Kier alpha value is -1.28. The van der Waals surface area contributed by atoms with Crippen LogP contribution in [0.4, 0.5) is 11.4 Å². The van der Waals surface area contributed by atoms with Gasteiger partial charge in [-0.15, -0.1) is 0 Å². The van der Waals surface area contributed by atoms with Gasteiger partial charge in [0.05, 0.1) is 10.6 Å². The Morgan fingerprint density at radius 3 is 2.45 bits per heavy atom. The van der Waals surface area contributed by atoms with E-state index >= 15 is 0 Å². The molecule has 0 aliphatic carbocycles. The van der Waals surface area contributed by atoms with Crippen molar-refractivity contribution in [3.63, 3.8) is 0 Å². The number of hydrogen-bond donors (Lipinski definition) is 2. The molecule has 3 N–H and O–H groups in total. The maximum Gasteiger partial charge on any atom is 0.262 e. The second kappa shape index (κ2) is 5.61. The van der Waals surface area contributed by atoms with Gasteiger partial charge in [-0.05, 0) is 71.8 Å². The highest BCUT2D eigenvalue weighted by molar-refractivity contribution is 14.1. The second-order valence-corrected chi connectivity index (χ2v) is 7.38. The minimum atomic E-state index is -3.65. The molecule has 0 unspecified atom stereocenters. The molecule has 0 saturated heterocycles. The molecule has 0 amide bonds. The number of nitrogens with two attached hydrogens (primary N) is 1. The van der Waals surface area contributed by atoms with Crippen LogP contribution in [0.2, 0.25) is 0 Å². The van der Waals surface area contributed by atoms with Crippen LogP contribution >= 0.6 is 22.6 Å². The van der Waals surface area contributed by atoms with Crippen molar-refractivity contribution >= 4 is 44.0 Å². The monoisotopic (exact) mass is 402 g/mol. The fourth-order valence-corrected chi connectivity index (χ4v) is 4.02. The Labute approximate surface area is 132 Å². The number of rotatable bonds is 3. The lowest BCUT2D eigenvalue weighted by molar-refractivity contribution is 0.600. The average molecular weight is 402 g/mol. The van der Waals surface area contributed by atoms with E-state index in [9.17, 15) is 8.42 Å². The van der Waals surface area contributed by atoms with E-state index < -0.39 is 10.0 Å². The van der Waals surface area contributed by atoms with E-state index in [0.717, 1.165) is 9.13 Å². The van der Waals surface area contributed by atoms with Gasteiger partial charge in [0, 0.05) is 9.26 Å². The van der Waals surface area contributed by atoms with Crippen molar-refractivity contribution in [2.75, 3.05) is 10.5 Å². The molecule has 20 heavy (non-hydrogen) atoms. The van der Waals surface area contributed by atoms with Crippen molar-refractivity contribution in [1.29, 1.82) is 0 Å². The van der Waals surface area contributed by atoms with Crippen LogP contribution in [0, 0.1) is 17.4 Å². The first-order valence-electron chi connectivity index (χ1n) is 5.95. The van der Waals surface area contributed by atoms with Crippen LogP contribution in [0.15, 0.2) is 41.3 Å². The lowest BCUT2D eigenvalue weighted by Gasteiger charge is -2.13. The SMILES string of the molecule is Cc1cc(N)c(C)c(S(=O)(=O)Nc2ccccc2I)c1. The normalized spacial score (nSPS) is 11.3. The quantitative estimate of drug-likeness (QED) is 0.612. The summed E-state index contributed by atoms with van der Waals surface area (Å²) in [7, 11) is -3.65. The number of benzene rings is 2.